The number of hydrogen-bond donors (Lipinski definition) is 2. The van der Waals surface area contributed by atoms with Crippen molar-refractivity contribution < 1.29 is 9.88 Å². The van der Waals surface area contributed by atoms with Gasteiger partial charge in [0.1, 0.15) is 6.54 Å². The summed E-state index contributed by atoms with van der Waals surface area (Å²) in [5, 5.41) is 8.48. The van der Waals surface area contributed by atoms with Crippen LogP contribution in [-0.2, 0) is 0 Å². The minimum Gasteiger partial charge on any atom is -0.330 e. The van der Waals surface area contributed by atoms with Crippen molar-refractivity contribution in [2.24, 2.45) is 0 Å². The molecule has 3 nitrogen and oxygen atoms in total. The molecular formula is C17H20ClN3S+2. The van der Waals surface area contributed by atoms with Crippen LogP contribution < -0.4 is 15.2 Å². The van der Waals surface area contributed by atoms with E-state index in [2.05, 4.69) is 54.0 Å². The number of H-pyrrole nitrogens is 1. The maximum Gasteiger partial charge on any atom is 0.274 e. The third-order valence-electron chi connectivity index (χ3n) is 3.82. The molecule has 0 fully saturated rings. The third kappa shape index (κ3) is 3.24. The molecule has 0 unspecified atom stereocenters. The summed E-state index contributed by atoms with van der Waals surface area (Å²) in [5.74, 6) is 0.950. The summed E-state index contributed by atoms with van der Waals surface area (Å²) >= 11 is 8.14. The fourth-order valence-electron chi connectivity index (χ4n) is 2.59. The second kappa shape index (κ2) is 6.65. The van der Waals surface area contributed by atoms with E-state index < -0.39 is 0 Å². The van der Waals surface area contributed by atoms with Crippen molar-refractivity contribution in [3.8, 4) is 0 Å². The minimum atomic E-state index is 0.415. The van der Waals surface area contributed by atoms with Crippen LogP contribution in [0.25, 0.3) is 10.8 Å². The molecule has 2 heterocycles. The first-order chi connectivity index (χ1) is 10.6. The van der Waals surface area contributed by atoms with Gasteiger partial charge in [-0.15, -0.1) is 11.3 Å². The highest BCUT2D eigenvalue weighted by Gasteiger charge is 2.21. The molecule has 5 heteroatoms. The van der Waals surface area contributed by atoms with Crippen molar-refractivity contribution in [2.45, 2.75) is 6.04 Å². The van der Waals surface area contributed by atoms with E-state index in [-0.39, 0.29) is 0 Å². The van der Waals surface area contributed by atoms with Gasteiger partial charge in [0.15, 0.2) is 6.04 Å². The molecule has 0 saturated heterocycles. The van der Waals surface area contributed by atoms with Gasteiger partial charge in [-0.05, 0) is 34.5 Å². The zero-order valence-corrected chi connectivity index (χ0v) is 14.3. The normalized spacial score (nSPS) is 12.7. The SMILES string of the molecule is C[NH+](C)[C@@H](CNc1cc2ccccc2c(Cl)[nH+]1)c1cccs1. The van der Waals surface area contributed by atoms with Gasteiger partial charge in [-0.1, -0.05) is 24.3 Å². The average molecular weight is 334 g/mol. The van der Waals surface area contributed by atoms with Crippen LogP contribution in [0.5, 0.6) is 0 Å². The Kier molecular flexibility index (Phi) is 4.62. The first-order valence-electron chi connectivity index (χ1n) is 7.33. The van der Waals surface area contributed by atoms with Gasteiger partial charge >= 0.3 is 0 Å². The summed E-state index contributed by atoms with van der Waals surface area (Å²) in [5.41, 5.74) is 0. The first kappa shape index (κ1) is 15.3. The number of likely N-dealkylation sites (N-methyl/N-ethyl adjacent to an activating group) is 1. The molecule has 0 radical (unpaired) electrons. The van der Waals surface area contributed by atoms with Crippen LogP contribution >= 0.6 is 22.9 Å². The highest BCUT2D eigenvalue weighted by molar-refractivity contribution is 7.10. The van der Waals surface area contributed by atoms with Crippen LogP contribution in [0.4, 0.5) is 5.82 Å². The van der Waals surface area contributed by atoms with E-state index in [1.165, 1.54) is 9.78 Å². The molecule has 3 rings (SSSR count). The summed E-state index contributed by atoms with van der Waals surface area (Å²) in [6.07, 6.45) is 0. The summed E-state index contributed by atoms with van der Waals surface area (Å²) in [6.45, 7) is 0.855. The molecule has 1 atom stereocenters. The number of halogens is 1. The molecular weight excluding hydrogens is 314 g/mol. The molecule has 0 amide bonds. The molecule has 3 N–H and O–H groups in total. The molecule has 0 aliphatic rings. The predicted octanol–water partition coefficient (Wildman–Crippen LogP) is 2.67. The predicted molar refractivity (Wildman–Crippen MR) is 93.9 cm³/mol. The van der Waals surface area contributed by atoms with Gasteiger partial charge in [0.25, 0.3) is 5.82 Å². The second-order valence-corrected chi connectivity index (χ2v) is 6.97. The number of quaternary nitrogens is 1. The Labute approximate surface area is 139 Å². The zero-order valence-electron chi connectivity index (χ0n) is 12.7. The summed E-state index contributed by atoms with van der Waals surface area (Å²) in [6, 6.07) is 15.0. The number of nitrogens with one attached hydrogen (secondary N) is 3. The minimum absolute atomic E-state index is 0.415. The molecule has 2 aromatic heterocycles. The Bertz CT molecular complexity index is 756. The van der Waals surface area contributed by atoms with Crippen LogP contribution in [0.15, 0.2) is 47.8 Å². The largest absolute Gasteiger partial charge is 0.330 e. The van der Waals surface area contributed by atoms with Gasteiger partial charge in [0.2, 0.25) is 5.15 Å². The lowest BCUT2D eigenvalue weighted by Crippen LogP contribution is -3.06. The Hall–Kier alpha value is -1.62. The highest BCUT2D eigenvalue weighted by Crippen LogP contribution is 2.22. The maximum absolute atomic E-state index is 6.34. The van der Waals surface area contributed by atoms with Crippen molar-refractivity contribution in [3.63, 3.8) is 0 Å². The number of aromatic nitrogens is 1. The van der Waals surface area contributed by atoms with Crippen molar-refractivity contribution in [1.29, 1.82) is 0 Å². The molecule has 0 spiro atoms. The number of anilines is 1. The monoisotopic (exact) mass is 333 g/mol. The summed E-state index contributed by atoms with van der Waals surface area (Å²) in [4.78, 5) is 6.03. The molecule has 0 aliphatic carbocycles. The van der Waals surface area contributed by atoms with Gasteiger partial charge in [-0.25, -0.2) is 4.98 Å². The quantitative estimate of drug-likeness (QED) is 0.691. The Morgan fingerprint density at radius 2 is 2.05 bits per heavy atom. The zero-order chi connectivity index (χ0) is 15.5. The number of benzene rings is 1. The Balaban J connectivity index is 1.81. The fraction of sp³-hybridized carbons (Fsp3) is 0.235. The topological polar surface area (TPSA) is 30.6 Å². The molecule has 0 aliphatic heterocycles. The van der Waals surface area contributed by atoms with E-state index in [9.17, 15) is 0 Å². The van der Waals surface area contributed by atoms with E-state index in [1.54, 1.807) is 11.3 Å². The van der Waals surface area contributed by atoms with E-state index >= 15 is 0 Å². The van der Waals surface area contributed by atoms with Crippen molar-refractivity contribution in [3.05, 3.63) is 57.9 Å². The van der Waals surface area contributed by atoms with Gasteiger partial charge in [-0.3, -0.25) is 5.32 Å². The van der Waals surface area contributed by atoms with Gasteiger partial charge in [-0.2, -0.15) is 0 Å². The molecule has 1 aromatic carbocycles. The van der Waals surface area contributed by atoms with Crippen molar-refractivity contribution in [1.82, 2.24) is 0 Å². The van der Waals surface area contributed by atoms with E-state index in [4.69, 9.17) is 11.6 Å². The number of pyridine rings is 1. The highest BCUT2D eigenvalue weighted by atomic mass is 35.5. The number of aromatic amines is 1. The Morgan fingerprint density at radius 1 is 1.23 bits per heavy atom. The van der Waals surface area contributed by atoms with E-state index in [0.717, 1.165) is 23.1 Å². The smallest absolute Gasteiger partial charge is 0.274 e. The lowest BCUT2D eigenvalue weighted by atomic mass is 10.2. The van der Waals surface area contributed by atoms with Gasteiger partial charge < -0.3 is 4.90 Å². The van der Waals surface area contributed by atoms with Crippen LogP contribution in [0.2, 0.25) is 5.15 Å². The molecule has 3 aromatic rings. The van der Waals surface area contributed by atoms with E-state index in [1.807, 2.05) is 18.2 Å². The van der Waals surface area contributed by atoms with Gasteiger partial charge in [0.05, 0.1) is 19.0 Å². The van der Waals surface area contributed by atoms with Gasteiger partial charge in [0, 0.05) is 11.5 Å². The number of hydrogen-bond acceptors (Lipinski definition) is 2. The van der Waals surface area contributed by atoms with Crippen LogP contribution in [0, 0.1) is 0 Å². The fourth-order valence-corrected chi connectivity index (χ4v) is 3.81. The van der Waals surface area contributed by atoms with E-state index in [0.29, 0.717) is 11.2 Å². The average Bonchev–Trinajstić information content (AvgIpc) is 3.01. The molecule has 0 bridgehead atoms. The molecule has 22 heavy (non-hydrogen) atoms. The third-order valence-corrected chi connectivity index (χ3v) is 5.11. The number of thiophene rings is 1. The van der Waals surface area contributed by atoms with Crippen LogP contribution in [0.1, 0.15) is 10.9 Å². The number of rotatable bonds is 5. The standard InChI is InChI=1S/C17H18ClN3S/c1-21(2)14(15-8-5-9-22-15)11-19-16-10-12-6-3-4-7-13(12)17(18)20-16/h3-10,14H,11H2,1-2H3,(H,19,20)/p+2/t14-/m0/s1. The maximum atomic E-state index is 6.34. The first-order valence-corrected chi connectivity index (χ1v) is 8.59. The van der Waals surface area contributed by atoms with Crippen LogP contribution in [0.3, 0.4) is 0 Å². The molecule has 114 valence electrons. The molecule has 0 saturated carbocycles. The Morgan fingerprint density at radius 3 is 2.77 bits per heavy atom. The van der Waals surface area contributed by atoms with Crippen molar-refractivity contribution >= 4 is 39.5 Å². The van der Waals surface area contributed by atoms with Crippen molar-refractivity contribution in [2.75, 3.05) is 26.0 Å². The summed E-state index contributed by atoms with van der Waals surface area (Å²) in [7, 11) is 4.37. The lowest BCUT2D eigenvalue weighted by Gasteiger charge is -2.18. The van der Waals surface area contributed by atoms with Crippen LogP contribution in [-0.4, -0.2) is 20.6 Å². The second-order valence-electron chi connectivity index (χ2n) is 5.61. The number of fused-ring (bicyclic) bond motifs is 1. The lowest BCUT2D eigenvalue weighted by molar-refractivity contribution is -0.889. The summed E-state index contributed by atoms with van der Waals surface area (Å²) < 4.78 is 0.